The molecule has 4 atom stereocenters. The number of ether oxygens (including phenoxy) is 2. The van der Waals surface area contributed by atoms with Gasteiger partial charge in [-0.25, -0.2) is 27.3 Å². The van der Waals surface area contributed by atoms with Crippen LogP contribution in [0.2, 0.25) is 5.02 Å². The van der Waals surface area contributed by atoms with E-state index in [0.717, 1.165) is 0 Å². The Kier molecular flexibility index (Phi) is 13.4. The molecule has 4 N–H and O–H groups in total. The third-order valence-corrected chi connectivity index (χ3v) is 9.73. The first-order valence-electron chi connectivity index (χ1n) is 15.9. The van der Waals surface area contributed by atoms with Gasteiger partial charge >= 0.3 is 6.09 Å². The minimum atomic E-state index is -3.58. The maximum absolute atomic E-state index is 15.4. The molecule has 0 saturated carbocycles. The highest BCUT2D eigenvalue weighted by Gasteiger charge is 2.34. The topological polar surface area (TPSA) is 148 Å². The number of alkyl carbamates (subject to hydrolysis) is 1. The molecule has 2 heterocycles. The SMILES string of the molecule is C#CC1CCCS(=O)(=O)NC(CCc2c(F)cccc2NC(=O)[C@@H](NC(=O)OC)[C@@H](c2ccc(Cl)cc2)c2ccc(OC(C)C)nc2)CN1. The second-order valence-corrected chi connectivity index (χ2v) is 14.2. The zero-order valence-corrected chi connectivity index (χ0v) is 29.1. The van der Waals surface area contributed by atoms with Gasteiger partial charge in [-0.2, -0.15) is 0 Å². The van der Waals surface area contributed by atoms with E-state index in [-0.39, 0.29) is 48.5 Å². The fourth-order valence-corrected chi connectivity index (χ4v) is 7.10. The van der Waals surface area contributed by atoms with Crippen LogP contribution >= 0.6 is 11.6 Å². The maximum Gasteiger partial charge on any atom is 0.407 e. The number of carbonyl (C=O) groups excluding carboxylic acids is 2. The zero-order chi connectivity index (χ0) is 35.6. The van der Waals surface area contributed by atoms with Gasteiger partial charge in [0.2, 0.25) is 21.8 Å². The van der Waals surface area contributed by atoms with Crippen LogP contribution in [0.4, 0.5) is 14.9 Å². The number of benzene rings is 2. The standard InChI is InChI=1S/C35H41ClFN5O6S/c1-5-26-8-7-19-49(45,46)42-27(21-38-26)16-17-28-29(37)9-6-10-30(28)40-34(43)33(41-35(44)47-4)32(23-11-14-25(36)15-12-23)24-13-18-31(39-20-24)48-22(2)3/h1,6,9-15,18,20,22,26-27,32-33,38,42H,7-8,16-17,19,21H2,2-4H3,(H,40,43)(H,41,44)/t26?,27?,32-,33-/m0/s1. The Morgan fingerprint density at radius 3 is 2.53 bits per heavy atom. The Labute approximate surface area is 291 Å². The molecule has 0 bridgehead atoms. The van der Waals surface area contributed by atoms with Crippen LogP contribution in [0.5, 0.6) is 5.88 Å². The fourth-order valence-electron chi connectivity index (χ4n) is 5.60. The molecule has 0 aliphatic carbocycles. The molecule has 1 aliphatic heterocycles. The van der Waals surface area contributed by atoms with Crippen LogP contribution in [0.1, 0.15) is 55.7 Å². The summed E-state index contributed by atoms with van der Waals surface area (Å²) in [4.78, 5) is 31.2. The summed E-state index contributed by atoms with van der Waals surface area (Å²) in [5.74, 6) is 0.899. The second-order valence-electron chi connectivity index (χ2n) is 11.9. The molecule has 1 aromatic heterocycles. The Hall–Kier alpha value is -4.22. The van der Waals surface area contributed by atoms with Crippen molar-refractivity contribution in [2.75, 3.05) is 24.7 Å². The molecular formula is C35H41ClFN5O6S. The summed E-state index contributed by atoms with van der Waals surface area (Å²) in [5, 5.41) is 9.11. The lowest BCUT2D eigenvalue weighted by Crippen LogP contribution is -2.48. The van der Waals surface area contributed by atoms with Gasteiger partial charge in [0.15, 0.2) is 0 Å². The minimum absolute atomic E-state index is 0.0727. The number of hydrogen-bond donors (Lipinski definition) is 4. The molecule has 14 heteroatoms. The highest BCUT2D eigenvalue weighted by Crippen LogP contribution is 2.32. The molecule has 4 rings (SSSR count). The fraction of sp³-hybridized carbons (Fsp3) is 0.400. The van der Waals surface area contributed by atoms with Gasteiger partial charge in [0.05, 0.1) is 25.0 Å². The molecule has 0 spiro atoms. The number of carbonyl (C=O) groups is 2. The van der Waals surface area contributed by atoms with Crippen molar-refractivity contribution in [3.8, 4) is 18.2 Å². The number of sulfonamides is 1. The number of halogens is 2. The van der Waals surface area contributed by atoms with Gasteiger partial charge in [0, 0.05) is 47.0 Å². The average Bonchev–Trinajstić information content (AvgIpc) is 3.13. The first-order valence-corrected chi connectivity index (χ1v) is 17.9. The molecule has 2 amide bonds. The summed E-state index contributed by atoms with van der Waals surface area (Å²) in [6, 6.07) is 12.3. The van der Waals surface area contributed by atoms with Crippen molar-refractivity contribution in [1.82, 2.24) is 20.3 Å². The van der Waals surface area contributed by atoms with Gasteiger partial charge in [-0.1, -0.05) is 41.8 Å². The highest BCUT2D eigenvalue weighted by molar-refractivity contribution is 7.89. The molecule has 1 fully saturated rings. The Bertz CT molecular complexity index is 1730. The van der Waals surface area contributed by atoms with Crippen molar-refractivity contribution < 1.29 is 31.9 Å². The number of amides is 2. The van der Waals surface area contributed by atoms with E-state index >= 15 is 4.39 Å². The van der Waals surface area contributed by atoms with E-state index in [1.807, 2.05) is 13.8 Å². The third kappa shape index (κ3) is 10.9. The lowest BCUT2D eigenvalue weighted by atomic mass is 9.85. The number of rotatable bonds is 11. The Morgan fingerprint density at radius 1 is 1.14 bits per heavy atom. The van der Waals surface area contributed by atoms with E-state index in [9.17, 15) is 18.0 Å². The van der Waals surface area contributed by atoms with E-state index in [2.05, 4.69) is 31.6 Å². The van der Waals surface area contributed by atoms with Crippen molar-refractivity contribution in [2.45, 2.75) is 69.7 Å². The normalized spacial score (nSPS) is 18.9. The lowest BCUT2D eigenvalue weighted by molar-refractivity contribution is -0.118. The number of hydrogen-bond acceptors (Lipinski definition) is 8. The number of pyridine rings is 1. The molecule has 262 valence electrons. The third-order valence-electron chi connectivity index (χ3n) is 7.96. The van der Waals surface area contributed by atoms with Gasteiger partial charge in [-0.05, 0) is 74.9 Å². The lowest BCUT2D eigenvalue weighted by Gasteiger charge is -2.28. The average molecular weight is 714 g/mol. The molecular weight excluding hydrogens is 673 g/mol. The number of nitrogens with one attached hydrogen (secondary N) is 4. The van der Waals surface area contributed by atoms with Crippen molar-refractivity contribution in [3.63, 3.8) is 0 Å². The summed E-state index contributed by atoms with van der Waals surface area (Å²) in [7, 11) is -2.41. The molecule has 2 aromatic carbocycles. The molecule has 2 unspecified atom stereocenters. The van der Waals surface area contributed by atoms with Crippen LogP contribution in [0.15, 0.2) is 60.8 Å². The van der Waals surface area contributed by atoms with Crippen molar-refractivity contribution >= 4 is 39.3 Å². The number of methoxy groups -OCH3 is 1. The molecule has 0 radical (unpaired) electrons. The van der Waals surface area contributed by atoms with Crippen LogP contribution < -0.4 is 25.4 Å². The van der Waals surface area contributed by atoms with E-state index in [1.165, 1.54) is 19.2 Å². The zero-order valence-electron chi connectivity index (χ0n) is 27.5. The van der Waals surface area contributed by atoms with Gasteiger partial charge in [-0.15, -0.1) is 6.42 Å². The Balaban J connectivity index is 1.65. The molecule has 11 nitrogen and oxygen atoms in total. The summed E-state index contributed by atoms with van der Waals surface area (Å²) < 4.78 is 54.0. The summed E-state index contributed by atoms with van der Waals surface area (Å²) in [5.41, 5.74) is 1.53. The Morgan fingerprint density at radius 2 is 1.88 bits per heavy atom. The molecule has 49 heavy (non-hydrogen) atoms. The van der Waals surface area contributed by atoms with Crippen LogP contribution in [-0.4, -0.2) is 69.0 Å². The first-order chi connectivity index (χ1) is 23.4. The van der Waals surface area contributed by atoms with Crippen molar-refractivity contribution in [2.24, 2.45) is 0 Å². The van der Waals surface area contributed by atoms with E-state index in [0.29, 0.717) is 34.9 Å². The largest absolute Gasteiger partial charge is 0.475 e. The van der Waals surface area contributed by atoms with Gasteiger partial charge in [-0.3, -0.25) is 4.79 Å². The van der Waals surface area contributed by atoms with Crippen molar-refractivity contribution in [3.05, 3.63) is 88.3 Å². The van der Waals surface area contributed by atoms with E-state index in [1.54, 1.807) is 48.7 Å². The monoisotopic (exact) mass is 713 g/mol. The number of nitrogens with zero attached hydrogens (tertiary/aromatic N) is 1. The van der Waals surface area contributed by atoms with Gasteiger partial charge in [0.25, 0.3) is 0 Å². The van der Waals surface area contributed by atoms with Crippen molar-refractivity contribution in [1.29, 1.82) is 0 Å². The predicted octanol–water partition coefficient (Wildman–Crippen LogP) is 4.76. The van der Waals surface area contributed by atoms with Crippen LogP contribution in [0.3, 0.4) is 0 Å². The van der Waals surface area contributed by atoms with Crippen LogP contribution in [-0.2, 0) is 26.0 Å². The molecule has 1 saturated heterocycles. The van der Waals surface area contributed by atoms with Crippen LogP contribution in [0.25, 0.3) is 0 Å². The summed E-state index contributed by atoms with van der Waals surface area (Å²) in [6.45, 7) is 3.99. The van der Waals surface area contributed by atoms with E-state index < -0.39 is 45.8 Å². The number of aromatic nitrogens is 1. The molecule has 1 aliphatic rings. The maximum atomic E-state index is 15.4. The first kappa shape index (κ1) is 37.6. The summed E-state index contributed by atoms with van der Waals surface area (Å²) >= 11 is 6.18. The van der Waals surface area contributed by atoms with Crippen LogP contribution in [0, 0.1) is 18.2 Å². The van der Waals surface area contributed by atoms with Gasteiger partial charge in [0.1, 0.15) is 11.9 Å². The van der Waals surface area contributed by atoms with E-state index in [4.69, 9.17) is 27.5 Å². The van der Waals surface area contributed by atoms with Gasteiger partial charge < -0.3 is 25.4 Å². The quantitative estimate of drug-likeness (QED) is 0.208. The smallest absolute Gasteiger partial charge is 0.407 e. The molecule has 3 aromatic rings. The number of terminal acetylenes is 1. The number of anilines is 1. The highest BCUT2D eigenvalue weighted by atomic mass is 35.5. The second kappa shape index (κ2) is 17.4. The predicted molar refractivity (Wildman–Crippen MR) is 187 cm³/mol. The summed E-state index contributed by atoms with van der Waals surface area (Å²) in [6.07, 6.45) is 7.39. The minimum Gasteiger partial charge on any atom is -0.475 e.